The molecule has 0 saturated carbocycles. The van der Waals surface area contributed by atoms with Gasteiger partial charge in [0.25, 0.3) is 0 Å². The van der Waals surface area contributed by atoms with Crippen molar-refractivity contribution in [3.8, 4) is 0 Å². The number of nitrogens with two attached hydrogens (primary N) is 2. The first-order valence-corrected chi connectivity index (χ1v) is 10.5. The second-order valence-electron chi connectivity index (χ2n) is 8.20. The van der Waals surface area contributed by atoms with E-state index in [2.05, 4.69) is 41.2 Å². The van der Waals surface area contributed by atoms with Crippen LogP contribution in [0.15, 0.2) is 110 Å². The molecule has 3 unspecified atom stereocenters. The molecule has 0 spiro atoms. The van der Waals surface area contributed by atoms with Crippen molar-refractivity contribution >= 4 is 0 Å². The van der Waals surface area contributed by atoms with E-state index in [-0.39, 0.29) is 6.04 Å². The summed E-state index contributed by atoms with van der Waals surface area (Å²) in [5.41, 5.74) is 17.3. The number of aromatic nitrogens is 2. The summed E-state index contributed by atoms with van der Waals surface area (Å²) in [6.45, 7) is 2.17. The van der Waals surface area contributed by atoms with Gasteiger partial charge >= 0.3 is 0 Å². The maximum atomic E-state index is 7.48. The molecule has 156 valence electrons. The number of hydrogen-bond donors (Lipinski definition) is 2. The summed E-state index contributed by atoms with van der Waals surface area (Å²) < 4.78 is 0. The van der Waals surface area contributed by atoms with Crippen LogP contribution in [0.3, 0.4) is 0 Å². The Morgan fingerprint density at radius 1 is 0.742 bits per heavy atom. The molecule has 4 rings (SSSR count). The Labute approximate surface area is 184 Å². The van der Waals surface area contributed by atoms with Crippen LogP contribution in [0, 0.1) is 0 Å². The molecule has 0 radical (unpaired) electrons. The number of rotatable bonds is 7. The summed E-state index contributed by atoms with van der Waals surface area (Å²) in [7, 11) is 0. The molecule has 3 atom stereocenters. The summed E-state index contributed by atoms with van der Waals surface area (Å²) in [6.07, 6.45) is 7.83. The van der Waals surface area contributed by atoms with Gasteiger partial charge in [-0.3, -0.25) is 9.97 Å². The highest BCUT2D eigenvalue weighted by Crippen LogP contribution is 2.49. The molecule has 31 heavy (non-hydrogen) atoms. The quantitative estimate of drug-likeness (QED) is 0.471. The Bertz CT molecular complexity index is 1090. The van der Waals surface area contributed by atoms with Crippen molar-refractivity contribution in [3.63, 3.8) is 0 Å². The Balaban J connectivity index is 1.96. The molecule has 0 bridgehead atoms. The zero-order valence-electron chi connectivity index (χ0n) is 17.7. The minimum atomic E-state index is -0.799. The van der Waals surface area contributed by atoms with Gasteiger partial charge in [-0.05, 0) is 46.9 Å². The Kier molecular flexibility index (Phi) is 5.94. The van der Waals surface area contributed by atoms with Gasteiger partial charge in [0.15, 0.2) is 0 Å². The monoisotopic (exact) mass is 408 g/mol. The van der Waals surface area contributed by atoms with Crippen LogP contribution >= 0.6 is 0 Å². The molecule has 4 N–H and O–H groups in total. The third kappa shape index (κ3) is 3.88. The fraction of sp³-hybridized carbons (Fsp3) is 0.185. The highest BCUT2D eigenvalue weighted by Gasteiger charge is 2.51. The van der Waals surface area contributed by atoms with Crippen LogP contribution < -0.4 is 11.5 Å². The van der Waals surface area contributed by atoms with Crippen molar-refractivity contribution in [2.24, 2.45) is 11.5 Å². The Hall–Kier alpha value is -3.34. The van der Waals surface area contributed by atoms with E-state index in [4.69, 9.17) is 11.5 Å². The van der Waals surface area contributed by atoms with Crippen LogP contribution in [0.2, 0.25) is 0 Å². The predicted octanol–water partition coefficient (Wildman–Crippen LogP) is 4.53. The normalized spacial score (nSPS) is 16.1. The molecule has 0 aliphatic heterocycles. The molecule has 2 heterocycles. The minimum Gasteiger partial charge on any atom is -0.323 e. The molecular formula is C27H28N4. The Morgan fingerprint density at radius 3 is 1.94 bits per heavy atom. The van der Waals surface area contributed by atoms with Gasteiger partial charge in [0.1, 0.15) is 0 Å². The highest BCUT2D eigenvalue weighted by atomic mass is 14.9. The van der Waals surface area contributed by atoms with Crippen molar-refractivity contribution < 1.29 is 0 Å². The number of benzene rings is 2. The molecular weight excluding hydrogens is 380 g/mol. The lowest BCUT2D eigenvalue weighted by Crippen LogP contribution is -2.60. The second-order valence-corrected chi connectivity index (χ2v) is 8.20. The van der Waals surface area contributed by atoms with Crippen molar-refractivity contribution in [1.29, 1.82) is 0 Å². The largest absolute Gasteiger partial charge is 0.323 e. The predicted molar refractivity (Wildman–Crippen MR) is 125 cm³/mol. The molecule has 2 aromatic carbocycles. The standard InChI is InChI=1S/C27H28N4/c1-26(23-10-4-2-5-11-23,25(28)22-9-8-16-31-20-22)27(29,24-12-6-3-7-13-24)19-21-14-17-30-18-15-21/h2-18,20,25H,19,28-29H2,1H3. The van der Waals surface area contributed by atoms with Crippen molar-refractivity contribution in [2.75, 3.05) is 0 Å². The van der Waals surface area contributed by atoms with Crippen LogP contribution in [0.4, 0.5) is 0 Å². The average Bonchev–Trinajstić information content (AvgIpc) is 2.85. The number of hydrogen-bond acceptors (Lipinski definition) is 4. The van der Waals surface area contributed by atoms with Gasteiger partial charge < -0.3 is 11.5 Å². The molecule has 4 heteroatoms. The molecule has 0 fully saturated rings. The first-order chi connectivity index (χ1) is 15.1. The van der Waals surface area contributed by atoms with E-state index < -0.39 is 11.0 Å². The Morgan fingerprint density at radius 2 is 1.35 bits per heavy atom. The maximum Gasteiger partial charge on any atom is 0.0564 e. The number of pyridine rings is 2. The lowest BCUT2D eigenvalue weighted by molar-refractivity contribution is 0.192. The van der Waals surface area contributed by atoms with Crippen LogP contribution in [0.5, 0.6) is 0 Å². The molecule has 0 aliphatic carbocycles. The summed E-state index contributed by atoms with van der Waals surface area (Å²) in [5, 5.41) is 0. The molecule has 4 nitrogen and oxygen atoms in total. The lowest BCUT2D eigenvalue weighted by Gasteiger charge is -2.51. The van der Waals surface area contributed by atoms with E-state index in [1.807, 2.05) is 79.3 Å². The second kappa shape index (κ2) is 8.80. The van der Waals surface area contributed by atoms with E-state index in [9.17, 15) is 0 Å². The van der Waals surface area contributed by atoms with Gasteiger partial charge in [-0.1, -0.05) is 73.7 Å². The van der Waals surface area contributed by atoms with Crippen molar-refractivity contribution in [1.82, 2.24) is 9.97 Å². The van der Waals surface area contributed by atoms with Crippen LogP contribution in [-0.2, 0) is 17.4 Å². The zero-order valence-corrected chi connectivity index (χ0v) is 17.7. The fourth-order valence-electron chi connectivity index (χ4n) is 4.54. The van der Waals surface area contributed by atoms with Gasteiger partial charge in [-0.2, -0.15) is 0 Å². The van der Waals surface area contributed by atoms with E-state index >= 15 is 0 Å². The third-order valence-corrected chi connectivity index (χ3v) is 6.49. The summed E-state index contributed by atoms with van der Waals surface area (Å²) in [4.78, 5) is 8.50. The minimum absolute atomic E-state index is 0.379. The molecule has 2 aromatic heterocycles. The van der Waals surface area contributed by atoms with E-state index in [1.165, 1.54) is 0 Å². The van der Waals surface area contributed by atoms with Crippen LogP contribution in [-0.4, -0.2) is 9.97 Å². The summed E-state index contributed by atoms with van der Waals surface area (Å²) in [5.74, 6) is 0. The smallest absolute Gasteiger partial charge is 0.0564 e. The van der Waals surface area contributed by atoms with Crippen LogP contribution in [0.1, 0.15) is 35.2 Å². The van der Waals surface area contributed by atoms with E-state index in [0.717, 1.165) is 22.3 Å². The first kappa shape index (κ1) is 20.9. The van der Waals surface area contributed by atoms with Gasteiger partial charge in [-0.25, -0.2) is 0 Å². The summed E-state index contributed by atoms with van der Waals surface area (Å²) >= 11 is 0. The first-order valence-electron chi connectivity index (χ1n) is 10.5. The SMILES string of the molecule is CC(c1ccccc1)(C(N)c1cccnc1)C(N)(Cc1ccncc1)c1ccccc1. The van der Waals surface area contributed by atoms with Crippen molar-refractivity contribution in [3.05, 3.63) is 132 Å². The van der Waals surface area contributed by atoms with Gasteiger partial charge in [0.05, 0.1) is 5.54 Å². The van der Waals surface area contributed by atoms with Crippen molar-refractivity contribution in [2.45, 2.75) is 30.3 Å². The molecule has 0 aliphatic rings. The van der Waals surface area contributed by atoms with Gasteiger partial charge in [-0.15, -0.1) is 0 Å². The average molecular weight is 409 g/mol. The van der Waals surface area contributed by atoms with E-state index in [0.29, 0.717) is 6.42 Å². The molecule has 0 amide bonds. The fourth-order valence-corrected chi connectivity index (χ4v) is 4.54. The highest BCUT2D eigenvalue weighted by molar-refractivity contribution is 5.43. The number of nitrogens with zero attached hydrogens (tertiary/aromatic N) is 2. The van der Waals surface area contributed by atoms with Gasteiger partial charge in [0, 0.05) is 36.2 Å². The van der Waals surface area contributed by atoms with Gasteiger partial charge in [0.2, 0.25) is 0 Å². The third-order valence-electron chi connectivity index (χ3n) is 6.49. The lowest BCUT2D eigenvalue weighted by atomic mass is 9.57. The maximum absolute atomic E-state index is 7.48. The molecule has 0 saturated heterocycles. The molecule has 4 aromatic rings. The zero-order chi connectivity index (χ0) is 21.7. The van der Waals surface area contributed by atoms with E-state index in [1.54, 1.807) is 6.20 Å². The summed E-state index contributed by atoms with van der Waals surface area (Å²) in [6, 6.07) is 28.2. The van der Waals surface area contributed by atoms with Crippen LogP contribution in [0.25, 0.3) is 0 Å². The topological polar surface area (TPSA) is 77.8 Å².